The smallest absolute Gasteiger partial charge is 0.197 e. The van der Waals surface area contributed by atoms with E-state index in [4.69, 9.17) is 0 Å². The van der Waals surface area contributed by atoms with Gasteiger partial charge in [0.1, 0.15) is 0 Å². The van der Waals surface area contributed by atoms with Crippen LogP contribution in [0.25, 0.3) is 74.8 Å². The molecule has 3 heterocycles. The van der Waals surface area contributed by atoms with Gasteiger partial charge in [-0.2, -0.15) is 0 Å². The third kappa shape index (κ3) is 4.63. The summed E-state index contributed by atoms with van der Waals surface area (Å²) in [6, 6.07) is 36.5. The van der Waals surface area contributed by atoms with Gasteiger partial charge >= 0.3 is 0 Å². The van der Waals surface area contributed by atoms with E-state index in [9.17, 15) is 19.2 Å². The predicted octanol–water partition coefficient (Wildman–Crippen LogP) is 14.0. The lowest BCUT2D eigenvalue weighted by Crippen LogP contribution is -2.23. The highest BCUT2D eigenvalue weighted by Gasteiger charge is 2.50. The van der Waals surface area contributed by atoms with E-state index in [-0.39, 0.29) is 45.1 Å². The first kappa shape index (κ1) is 35.4. The van der Waals surface area contributed by atoms with Crippen molar-refractivity contribution in [3.05, 3.63) is 175 Å². The van der Waals surface area contributed by atoms with Crippen molar-refractivity contribution >= 4 is 112 Å². The highest BCUT2D eigenvalue weighted by Crippen LogP contribution is 2.66. The molecular weight excluding hydrogens is 809 g/mol. The Hall–Kier alpha value is -6.38. The number of fused-ring (bicyclic) bond motifs is 13. The van der Waals surface area contributed by atoms with Gasteiger partial charge in [-0.05, 0) is 138 Å². The fourth-order valence-electron chi connectivity index (χ4n) is 10.5. The Bertz CT molecular complexity index is 3330. The Kier molecular flexibility index (Phi) is 6.79. The molecular formula is C54H32O4S3. The van der Waals surface area contributed by atoms with Crippen LogP contribution in [0.5, 0.6) is 0 Å². The third-order valence-corrected chi connectivity index (χ3v) is 17.3. The molecule has 0 bridgehead atoms. The Morgan fingerprint density at radius 1 is 0.377 bits per heavy atom. The molecule has 7 heteroatoms. The fraction of sp³-hybridized carbons (Fsp3) is 0.111. The summed E-state index contributed by atoms with van der Waals surface area (Å²) in [7, 11) is 0. The Morgan fingerprint density at radius 2 is 0.689 bits per heavy atom. The minimum absolute atomic E-state index is 0.219. The molecule has 4 aliphatic carbocycles. The first-order valence-corrected chi connectivity index (χ1v) is 22.8. The molecule has 0 spiro atoms. The maximum absolute atomic E-state index is 13.9. The van der Waals surface area contributed by atoms with Crippen LogP contribution in [-0.4, -0.2) is 23.1 Å². The van der Waals surface area contributed by atoms with Crippen molar-refractivity contribution < 1.29 is 19.2 Å². The van der Waals surface area contributed by atoms with Crippen LogP contribution in [0.4, 0.5) is 0 Å². The number of thiophene rings is 3. The van der Waals surface area contributed by atoms with Crippen molar-refractivity contribution in [2.45, 2.75) is 38.5 Å². The number of Topliss-reactive ketones (excluding diaryl/α,β-unsaturated/α-hetero) is 4. The molecule has 0 aliphatic heterocycles. The van der Waals surface area contributed by atoms with Gasteiger partial charge in [-0.1, -0.05) is 76.2 Å². The highest BCUT2D eigenvalue weighted by molar-refractivity contribution is 7.27. The van der Waals surface area contributed by atoms with E-state index >= 15 is 0 Å². The number of carbonyl (C=O) groups excluding carboxylic acids is 4. The minimum atomic E-state index is -0.297. The summed E-state index contributed by atoms with van der Waals surface area (Å²) in [5, 5.41) is 8.18. The molecule has 0 radical (unpaired) electrons. The van der Waals surface area contributed by atoms with Crippen LogP contribution in [0.3, 0.4) is 0 Å². The number of rotatable bonds is 2. The molecule has 61 heavy (non-hydrogen) atoms. The molecule has 0 amide bonds. The predicted molar refractivity (Wildman–Crippen MR) is 251 cm³/mol. The van der Waals surface area contributed by atoms with Gasteiger partial charge in [0.2, 0.25) is 0 Å². The lowest BCUT2D eigenvalue weighted by molar-refractivity contribution is 0.0975. The molecule has 0 unspecified atom stereocenters. The minimum Gasteiger partial charge on any atom is -0.288 e. The highest BCUT2D eigenvalue weighted by atomic mass is 32.1. The van der Waals surface area contributed by atoms with Gasteiger partial charge in [0, 0.05) is 62.3 Å². The normalized spacial score (nSPS) is 16.5. The standard InChI is InChI=1S/C54H32O4S3/c1-53(2)41-23-33(21-39-45(55)35-17-29-13-25-9-5-6-10-26(25)14-30(29)18-36(35)46(39)56)59-49(41)51-43(53)44-52(61-51)50-42(54(44,3)4)24-34(60-50)22-40-47(57)37-19-31-15-27-11-7-8-12-28(27)16-32(31)20-38(37)48(40)58/h5-24H,1-4H3. The quantitative estimate of drug-likeness (QED) is 0.0988. The maximum Gasteiger partial charge on any atom is 0.197 e. The summed E-state index contributed by atoms with van der Waals surface area (Å²) in [6.07, 6.45) is 3.61. The van der Waals surface area contributed by atoms with Crippen molar-refractivity contribution in [3.8, 4) is 19.5 Å². The number of hydrogen-bond donors (Lipinski definition) is 0. The van der Waals surface area contributed by atoms with Gasteiger partial charge in [-0.15, -0.1) is 34.0 Å². The monoisotopic (exact) mass is 840 g/mol. The van der Waals surface area contributed by atoms with E-state index in [1.54, 1.807) is 22.7 Å². The topological polar surface area (TPSA) is 68.3 Å². The molecule has 6 aromatic carbocycles. The molecule has 0 saturated heterocycles. The van der Waals surface area contributed by atoms with Gasteiger partial charge in [0.05, 0.1) is 11.1 Å². The average Bonchev–Trinajstić information content (AvgIpc) is 4.10. The molecule has 0 N–H and O–H groups in total. The second-order valence-electron chi connectivity index (χ2n) is 17.9. The zero-order valence-corrected chi connectivity index (χ0v) is 35.9. The zero-order valence-electron chi connectivity index (χ0n) is 33.4. The van der Waals surface area contributed by atoms with E-state index < -0.39 is 0 Å². The van der Waals surface area contributed by atoms with Gasteiger partial charge in [0.15, 0.2) is 23.1 Å². The van der Waals surface area contributed by atoms with Crippen LogP contribution < -0.4 is 0 Å². The van der Waals surface area contributed by atoms with Crippen molar-refractivity contribution in [2.24, 2.45) is 0 Å². The van der Waals surface area contributed by atoms with Crippen molar-refractivity contribution in [3.63, 3.8) is 0 Å². The van der Waals surface area contributed by atoms with Crippen LogP contribution in [0.1, 0.15) is 101 Å². The van der Waals surface area contributed by atoms with Gasteiger partial charge < -0.3 is 0 Å². The molecule has 3 aromatic heterocycles. The number of carbonyl (C=O) groups is 4. The fourth-order valence-corrected chi connectivity index (χ4v) is 15.0. The number of ketones is 4. The molecule has 290 valence electrons. The summed E-state index contributed by atoms with van der Waals surface area (Å²) < 4.78 is 0. The number of benzene rings is 6. The van der Waals surface area contributed by atoms with Gasteiger partial charge in [-0.25, -0.2) is 0 Å². The van der Waals surface area contributed by atoms with Crippen molar-refractivity contribution in [2.75, 3.05) is 0 Å². The van der Waals surface area contributed by atoms with Crippen LogP contribution in [0.15, 0.2) is 120 Å². The number of hydrogen-bond acceptors (Lipinski definition) is 7. The summed E-state index contributed by atoms with van der Waals surface area (Å²) in [5.41, 5.74) is 6.85. The van der Waals surface area contributed by atoms with Crippen LogP contribution in [0.2, 0.25) is 0 Å². The second-order valence-corrected chi connectivity index (χ2v) is 21.1. The summed E-state index contributed by atoms with van der Waals surface area (Å²) in [6.45, 7) is 9.13. The first-order valence-electron chi connectivity index (χ1n) is 20.4. The van der Waals surface area contributed by atoms with E-state index in [2.05, 4.69) is 88.4 Å². The first-order chi connectivity index (χ1) is 29.3. The van der Waals surface area contributed by atoms with Crippen LogP contribution in [-0.2, 0) is 10.8 Å². The Morgan fingerprint density at radius 3 is 1.00 bits per heavy atom. The second kappa shape index (κ2) is 11.7. The molecule has 0 saturated carbocycles. The SMILES string of the molecule is CC1(C)c2cc(C=C3C(=O)c4cc5cc6ccccc6cc5cc4C3=O)sc2-c2sc3c(c21)C(C)(C)c1cc(C=C2C(=O)c4cc5cc6ccccc6cc5cc4C2=O)sc1-3. The average molecular weight is 841 g/mol. The zero-order chi connectivity index (χ0) is 41.4. The summed E-state index contributed by atoms with van der Waals surface area (Å²) in [5.74, 6) is -0.876. The van der Waals surface area contributed by atoms with E-state index in [1.165, 1.54) is 41.8 Å². The molecule has 0 atom stereocenters. The van der Waals surface area contributed by atoms with Crippen molar-refractivity contribution in [1.82, 2.24) is 0 Å². The lowest BCUT2D eigenvalue weighted by Gasteiger charge is -2.28. The Labute approximate surface area is 362 Å². The van der Waals surface area contributed by atoms with E-state index in [1.807, 2.05) is 72.0 Å². The lowest BCUT2D eigenvalue weighted by atomic mass is 9.74. The Balaban J connectivity index is 0.852. The third-order valence-electron chi connectivity index (χ3n) is 13.6. The van der Waals surface area contributed by atoms with E-state index in [0.29, 0.717) is 22.3 Å². The summed E-state index contributed by atoms with van der Waals surface area (Å²) in [4.78, 5) is 62.2. The molecule has 13 rings (SSSR count). The summed E-state index contributed by atoms with van der Waals surface area (Å²) >= 11 is 5.11. The molecule has 4 aliphatic rings. The molecule has 0 fully saturated rings. The van der Waals surface area contributed by atoms with Gasteiger partial charge in [0.25, 0.3) is 0 Å². The van der Waals surface area contributed by atoms with Crippen LogP contribution >= 0.6 is 34.0 Å². The number of allylic oxidation sites excluding steroid dienone is 2. The molecule has 4 nitrogen and oxygen atoms in total. The van der Waals surface area contributed by atoms with Crippen LogP contribution in [0, 0.1) is 0 Å². The maximum atomic E-state index is 13.9. The molecule has 9 aromatic rings. The largest absolute Gasteiger partial charge is 0.288 e. The van der Waals surface area contributed by atoms with Crippen molar-refractivity contribution in [1.29, 1.82) is 0 Å². The van der Waals surface area contributed by atoms with E-state index in [0.717, 1.165) is 52.8 Å². The van der Waals surface area contributed by atoms with Gasteiger partial charge in [-0.3, -0.25) is 19.2 Å².